The number of benzene rings is 2. The van der Waals surface area contributed by atoms with Crippen molar-refractivity contribution in [1.82, 2.24) is 14.9 Å². The molecule has 7 heteroatoms. The number of hydrogen-bond donors (Lipinski definition) is 2. The van der Waals surface area contributed by atoms with Crippen LogP contribution in [0.3, 0.4) is 0 Å². The molecule has 28 heavy (non-hydrogen) atoms. The van der Waals surface area contributed by atoms with Crippen molar-refractivity contribution in [3.63, 3.8) is 0 Å². The third-order valence-corrected chi connectivity index (χ3v) is 4.60. The van der Waals surface area contributed by atoms with Crippen molar-refractivity contribution in [1.29, 1.82) is 0 Å². The van der Waals surface area contributed by atoms with Gasteiger partial charge in [-0.1, -0.05) is 36.7 Å². The van der Waals surface area contributed by atoms with E-state index in [1.54, 1.807) is 24.3 Å². The van der Waals surface area contributed by atoms with Gasteiger partial charge in [0.25, 0.3) is 0 Å². The first-order chi connectivity index (χ1) is 13.6. The lowest BCUT2D eigenvalue weighted by molar-refractivity contribution is -0.120. The molecule has 146 valence electrons. The number of aryl methyl sites for hydroxylation is 1. The summed E-state index contributed by atoms with van der Waals surface area (Å²) in [7, 11) is 0. The zero-order valence-electron chi connectivity index (χ0n) is 15.7. The number of halogens is 1. The molecule has 2 aromatic carbocycles. The maximum atomic E-state index is 12.6. The molecular weight excluding hydrogens is 376 g/mol. The molecule has 0 aliphatic carbocycles. The van der Waals surface area contributed by atoms with Crippen LogP contribution in [0, 0.1) is 0 Å². The Morgan fingerprint density at radius 1 is 1.11 bits per heavy atom. The molecule has 2 amide bonds. The third-order valence-electron chi connectivity index (χ3n) is 4.36. The number of nitrogens with one attached hydrogen (secondary N) is 2. The van der Waals surface area contributed by atoms with Gasteiger partial charge in [-0.3, -0.25) is 9.59 Å². The topological polar surface area (TPSA) is 76.0 Å². The highest BCUT2D eigenvalue weighted by molar-refractivity contribution is 6.30. The molecule has 0 atom stereocenters. The Bertz CT molecular complexity index is 983. The van der Waals surface area contributed by atoms with Crippen LogP contribution < -0.4 is 10.6 Å². The number of para-hydroxylation sites is 2. The van der Waals surface area contributed by atoms with Crippen molar-refractivity contribution < 1.29 is 9.59 Å². The van der Waals surface area contributed by atoms with Crippen LogP contribution in [0.1, 0.15) is 25.6 Å². The first kappa shape index (κ1) is 19.9. The summed E-state index contributed by atoms with van der Waals surface area (Å²) in [4.78, 5) is 28.6. The Morgan fingerprint density at radius 2 is 1.93 bits per heavy atom. The molecule has 0 aliphatic rings. The summed E-state index contributed by atoms with van der Waals surface area (Å²) >= 11 is 5.98. The summed E-state index contributed by atoms with van der Waals surface area (Å²) < 4.78 is 1.93. The minimum atomic E-state index is -0.147. The number of carbonyl (C=O) groups excluding carboxylic acids is 2. The van der Waals surface area contributed by atoms with Crippen LogP contribution in [0.5, 0.6) is 0 Å². The maximum Gasteiger partial charge on any atom is 0.244 e. The summed E-state index contributed by atoms with van der Waals surface area (Å²) in [6.45, 7) is 2.57. The van der Waals surface area contributed by atoms with Crippen LogP contribution in [0.2, 0.25) is 5.02 Å². The summed E-state index contributed by atoms with van der Waals surface area (Å²) in [6.07, 6.45) is 1.90. The Balaban J connectivity index is 1.73. The average Bonchev–Trinajstić information content (AvgIpc) is 3.02. The fraction of sp³-hybridized carbons (Fsp3) is 0.286. The zero-order valence-corrected chi connectivity index (χ0v) is 16.5. The van der Waals surface area contributed by atoms with Crippen molar-refractivity contribution in [2.24, 2.45) is 0 Å². The Kier molecular flexibility index (Phi) is 6.66. The number of anilines is 1. The van der Waals surface area contributed by atoms with Crippen molar-refractivity contribution in [3.05, 3.63) is 59.4 Å². The predicted molar refractivity (Wildman–Crippen MR) is 111 cm³/mol. The molecule has 3 rings (SSSR count). The number of carbonyl (C=O) groups is 2. The van der Waals surface area contributed by atoms with Gasteiger partial charge in [0.2, 0.25) is 11.8 Å². The number of hydrogen-bond acceptors (Lipinski definition) is 3. The molecule has 0 saturated heterocycles. The number of rotatable bonds is 8. The van der Waals surface area contributed by atoms with E-state index in [1.165, 1.54) is 0 Å². The van der Waals surface area contributed by atoms with Gasteiger partial charge in [-0.15, -0.1) is 0 Å². The van der Waals surface area contributed by atoms with E-state index in [1.807, 2.05) is 35.8 Å². The molecule has 6 nitrogen and oxygen atoms in total. The maximum absolute atomic E-state index is 12.6. The van der Waals surface area contributed by atoms with E-state index in [-0.39, 0.29) is 18.4 Å². The van der Waals surface area contributed by atoms with E-state index in [0.29, 0.717) is 30.1 Å². The first-order valence-corrected chi connectivity index (χ1v) is 9.71. The number of nitrogens with zero attached hydrogens (tertiary/aromatic N) is 2. The molecule has 1 heterocycles. The molecule has 0 bridgehead atoms. The summed E-state index contributed by atoms with van der Waals surface area (Å²) in [5.41, 5.74) is 2.42. The van der Waals surface area contributed by atoms with Crippen LogP contribution in [-0.4, -0.2) is 27.9 Å². The molecule has 0 saturated carbocycles. The monoisotopic (exact) mass is 398 g/mol. The molecule has 0 fully saturated rings. The number of imidazole rings is 1. The molecular formula is C21H23ClN4O2. The van der Waals surface area contributed by atoms with E-state index in [0.717, 1.165) is 23.3 Å². The van der Waals surface area contributed by atoms with Crippen LogP contribution >= 0.6 is 11.6 Å². The molecule has 0 unspecified atom stereocenters. The SMILES string of the molecule is CCC(=O)NCCCc1nc2ccccc2n1CC(=O)Nc1cccc(Cl)c1. The van der Waals surface area contributed by atoms with Gasteiger partial charge in [0.1, 0.15) is 12.4 Å². The lowest BCUT2D eigenvalue weighted by atomic mass is 10.2. The highest BCUT2D eigenvalue weighted by Gasteiger charge is 2.14. The molecule has 3 aromatic rings. The normalized spacial score (nSPS) is 10.8. The average molecular weight is 399 g/mol. The van der Waals surface area contributed by atoms with E-state index in [9.17, 15) is 9.59 Å². The second kappa shape index (κ2) is 9.37. The highest BCUT2D eigenvalue weighted by Crippen LogP contribution is 2.18. The van der Waals surface area contributed by atoms with Gasteiger partial charge >= 0.3 is 0 Å². The summed E-state index contributed by atoms with van der Waals surface area (Å²) in [5, 5.41) is 6.31. The largest absolute Gasteiger partial charge is 0.356 e. The Hall–Kier alpha value is -2.86. The number of amides is 2. The van der Waals surface area contributed by atoms with E-state index < -0.39 is 0 Å². The Labute approximate surface area is 168 Å². The van der Waals surface area contributed by atoms with Gasteiger partial charge in [-0.25, -0.2) is 4.98 Å². The smallest absolute Gasteiger partial charge is 0.244 e. The predicted octanol–water partition coefficient (Wildman–Crippen LogP) is 3.79. The second-order valence-electron chi connectivity index (χ2n) is 6.47. The molecule has 1 aromatic heterocycles. The minimum absolute atomic E-state index is 0.0365. The van der Waals surface area contributed by atoms with Gasteiger partial charge in [-0.2, -0.15) is 0 Å². The zero-order chi connectivity index (χ0) is 19.9. The summed E-state index contributed by atoms with van der Waals surface area (Å²) in [6, 6.07) is 14.8. The van der Waals surface area contributed by atoms with Crippen LogP contribution in [0.15, 0.2) is 48.5 Å². The Morgan fingerprint density at radius 3 is 2.71 bits per heavy atom. The van der Waals surface area contributed by atoms with Gasteiger partial charge < -0.3 is 15.2 Å². The van der Waals surface area contributed by atoms with E-state index in [4.69, 9.17) is 11.6 Å². The van der Waals surface area contributed by atoms with Crippen LogP contribution in [0.4, 0.5) is 5.69 Å². The van der Waals surface area contributed by atoms with Gasteiger partial charge in [-0.05, 0) is 36.8 Å². The van der Waals surface area contributed by atoms with Crippen molar-refractivity contribution >= 4 is 40.1 Å². The van der Waals surface area contributed by atoms with E-state index >= 15 is 0 Å². The fourth-order valence-electron chi connectivity index (χ4n) is 3.00. The van der Waals surface area contributed by atoms with Crippen molar-refractivity contribution in [2.45, 2.75) is 32.7 Å². The van der Waals surface area contributed by atoms with Crippen LogP contribution in [0.25, 0.3) is 11.0 Å². The number of aromatic nitrogens is 2. The quantitative estimate of drug-likeness (QED) is 0.567. The third kappa shape index (κ3) is 5.10. The fourth-order valence-corrected chi connectivity index (χ4v) is 3.19. The van der Waals surface area contributed by atoms with Crippen molar-refractivity contribution in [2.75, 3.05) is 11.9 Å². The standard InChI is InChI=1S/C21H23ClN4O2/c1-2-20(27)23-12-6-11-19-25-17-9-3-4-10-18(17)26(19)14-21(28)24-16-8-5-7-15(22)13-16/h3-5,7-10,13H,2,6,11-12,14H2,1H3,(H,23,27)(H,24,28). The van der Waals surface area contributed by atoms with Crippen molar-refractivity contribution in [3.8, 4) is 0 Å². The lowest BCUT2D eigenvalue weighted by Gasteiger charge is -2.11. The second-order valence-corrected chi connectivity index (χ2v) is 6.90. The summed E-state index contributed by atoms with van der Waals surface area (Å²) in [5.74, 6) is 0.716. The van der Waals surface area contributed by atoms with Gasteiger partial charge in [0.05, 0.1) is 11.0 Å². The first-order valence-electron chi connectivity index (χ1n) is 9.33. The lowest BCUT2D eigenvalue weighted by Crippen LogP contribution is -2.24. The van der Waals surface area contributed by atoms with Gasteiger partial charge in [0, 0.05) is 30.1 Å². The van der Waals surface area contributed by atoms with Crippen LogP contribution in [-0.2, 0) is 22.6 Å². The highest BCUT2D eigenvalue weighted by atomic mass is 35.5. The number of fused-ring (bicyclic) bond motifs is 1. The van der Waals surface area contributed by atoms with Gasteiger partial charge in [0.15, 0.2) is 0 Å². The molecule has 0 aliphatic heterocycles. The molecule has 2 N–H and O–H groups in total. The molecule has 0 radical (unpaired) electrons. The van der Waals surface area contributed by atoms with E-state index in [2.05, 4.69) is 15.6 Å². The minimum Gasteiger partial charge on any atom is -0.356 e. The molecule has 0 spiro atoms.